The van der Waals surface area contributed by atoms with Crippen molar-refractivity contribution in [2.75, 3.05) is 4.90 Å². The second-order valence-electron chi connectivity index (χ2n) is 6.92. The van der Waals surface area contributed by atoms with Crippen LogP contribution in [0, 0.1) is 0 Å². The molecule has 27 heavy (non-hydrogen) atoms. The Kier molecular flexibility index (Phi) is 5.77. The minimum atomic E-state index is -4.28. The number of hydrogen-bond acceptors (Lipinski definition) is 4. The van der Waals surface area contributed by atoms with Gasteiger partial charge in [-0.3, -0.25) is 4.55 Å². The molecule has 0 saturated heterocycles. The minimum absolute atomic E-state index is 0.259. The van der Waals surface area contributed by atoms with Crippen LogP contribution in [0.1, 0.15) is 51.2 Å². The Bertz CT molecular complexity index is 924. The van der Waals surface area contributed by atoms with Gasteiger partial charge in [-0.2, -0.15) is 8.42 Å². The van der Waals surface area contributed by atoms with E-state index in [2.05, 4.69) is 19.9 Å². The van der Waals surface area contributed by atoms with E-state index in [1.165, 1.54) is 5.56 Å². The van der Waals surface area contributed by atoms with Gasteiger partial charge in [-0.1, -0.05) is 51.8 Å². The highest BCUT2D eigenvalue weighted by atomic mass is 32.2. The lowest BCUT2D eigenvalue weighted by molar-refractivity contribution is 0.450. The molecule has 1 heterocycles. The zero-order chi connectivity index (χ0) is 19.6. The number of nitrogens with zero attached hydrogens (tertiary/aromatic N) is 1. The summed E-state index contributed by atoms with van der Waals surface area (Å²) in [4.78, 5) is 1.74. The molecule has 0 aliphatic carbocycles. The Labute approximate surface area is 161 Å². The molecule has 1 aliphatic rings. The van der Waals surface area contributed by atoms with E-state index in [9.17, 15) is 13.0 Å². The molecule has 0 bridgehead atoms. The summed E-state index contributed by atoms with van der Waals surface area (Å²) >= 11 is 0. The Hall–Kier alpha value is -2.05. The fraction of sp³-hybridized carbons (Fsp3) is 0.429. The van der Waals surface area contributed by atoms with E-state index in [1.54, 1.807) is 11.8 Å². The van der Waals surface area contributed by atoms with Crippen molar-refractivity contribution in [1.29, 1.82) is 0 Å². The molecule has 0 amide bonds. The summed E-state index contributed by atoms with van der Waals surface area (Å²) in [7, 11) is -4.28. The Morgan fingerprint density at radius 3 is 2.37 bits per heavy atom. The van der Waals surface area contributed by atoms with E-state index < -0.39 is 15.5 Å². The van der Waals surface area contributed by atoms with Crippen molar-refractivity contribution in [2.45, 2.75) is 58.2 Å². The van der Waals surface area contributed by atoms with E-state index in [4.69, 9.17) is 4.74 Å². The summed E-state index contributed by atoms with van der Waals surface area (Å²) in [5.74, 6) is 1.26. The summed E-state index contributed by atoms with van der Waals surface area (Å²) in [6.45, 7) is 5.99. The van der Waals surface area contributed by atoms with Crippen LogP contribution in [0.15, 0.2) is 36.4 Å². The highest BCUT2D eigenvalue weighted by molar-refractivity contribution is 7.86. The first-order valence-corrected chi connectivity index (χ1v) is 11.1. The van der Waals surface area contributed by atoms with Crippen LogP contribution in [0.25, 0.3) is 0 Å². The zero-order valence-electron chi connectivity index (χ0n) is 16.1. The lowest BCUT2D eigenvalue weighted by Gasteiger charge is -2.38. The van der Waals surface area contributed by atoms with Crippen molar-refractivity contribution in [3.8, 4) is 11.5 Å². The molecular weight excluding hydrogens is 362 g/mol. The fourth-order valence-corrected chi connectivity index (χ4v) is 4.69. The van der Waals surface area contributed by atoms with Gasteiger partial charge < -0.3 is 9.64 Å². The second kappa shape index (κ2) is 7.90. The van der Waals surface area contributed by atoms with Gasteiger partial charge in [-0.05, 0) is 48.6 Å². The minimum Gasteiger partial charge on any atom is -0.453 e. The zero-order valence-corrected chi connectivity index (χ0v) is 16.9. The highest BCUT2D eigenvalue weighted by Gasteiger charge is 2.37. The van der Waals surface area contributed by atoms with E-state index in [0.717, 1.165) is 36.9 Å². The molecule has 0 spiro atoms. The number of ether oxygens (including phenoxy) is 1. The molecule has 1 aliphatic heterocycles. The molecule has 2 aromatic rings. The van der Waals surface area contributed by atoms with Crippen LogP contribution in [0.5, 0.6) is 11.5 Å². The average molecular weight is 390 g/mol. The SMILES string of the molecule is CCCc1cc(CCC)c2c(c1)Oc1ccccc1N2C(CC)S(=O)(=O)O. The van der Waals surface area contributed by atoms with Crippen LogP contribution in [0.4, 0.5) is 11.4 Å². The third-order valence-electron chi connectivity index (χ3n) is 4.84. The van der Waals surface area contributed by atoms with Crippen LogP contribution in [0.2, 0.25) is 0 Å². The van der Waals surface area contributed by atoms with E-state index in [0.29, 0.717) is 17.2 Å². The molecule has 0 saturated carbocycles. The molecule has 0 fully saturated rings. The first-order valence-electron chi connectivity index (χ1n) is 9.58. The van der Waals surface area contributed by atoms with Gasteiger partial charge in [0.1, 0.15) is 0 Å². The van der Waals surface area contributed by atoms with Crippen LogP contribution in [0.3, 0.4) is 0 Å². The Morgan fingerprint density at radius 1 is 1.04 bits per heavy atom. The van der Waals surface area contributed by atoms with Crippen LogP contribution < -0.4 is 9.64 Å². The van der Waals surface area contributed by atoms with Gasteiger partial charge in [0.05, 0.1) is 11.4 Å². The fourth-order valence-electron chi connectivity index (χ4n) is 3.78. The Balaban J connectivity index is 2.28. The summed E-state index contributed by atoms with van der Waals surface area (Å²) in [6.07, 6.45) is 3.96. The molecule has 1 unspecified atom stereocenters. The number of rotatable bonds is 7. The average Bonchev–Trinajstić information content (AvgIpc) is 2.61. The van der Waals surface area contributed by atoms with Gasteiger partial charge >= 0.3 is 0 Å². The Morgan fingerprint density at radius 2 is 1.74 bits per heavy atom. The van der Waals surface area contributed by atoms with Gasteiger partial charge in [0.15, 0.2) is 16.9 Å². The van der Waals surface area contributed by atoms with Crippen LogP contribution in [-0.2, 0) is 23.0 Å². The van der Waals surface area contributed by atoms with Gasteiger partial charge in [-0.25, -0.2) is 0 Å². The van der Waals surface area contributed by atoms with Crippen molar-refractivity contribution < 1.29 is 17.7 Å². The highest BCUT2D eigenvalue weighted by Crippen LogP contribution is 2.50. The summed E-state index contributed by atoms with van der Waals surface area (Å²) in [5, 5.41) is -1.06. The third-order valence-corrected chi connectivity index (χ3v) is 6.07. The number of anilines is 2. The monoisotopic (exact) mass is 389 g/mol. The van der Waals surface area contributed by atoms with Crippen LogP contribution in [-0.4, -0.2) is 18.3 Å². The van der Waals surface area contributed by atoms with Crippen molar-refractivity contribution in [2.24, 2.45) is 0 Å². The normalized spacial score (nSPS) is 14.3. The molecule has 146 valence electrons. The molecule has 1 atom stereocenters. The van der Waals surface area contributed by atoms with Gasteiger partial charge in [0, 0.05) is 0 Å². The van der Waals surface area contributed by atoms with Crippen molar-refractivity contribution in [1.82, 2.24) is 0 Å². The number of benzene rings is 2. The number of fused-ring (bicyclic) bond motifs is 2. The smallest absolute Gasteiger partial charge is 0.286 e. The molecule has 2 aromatic carbocycles. The van der Waals surface area contributed by atoms with E-state index >= 15 is 0 Å². The van der Waals surface area contributed by atoms with Crippen molar-refractivity contribution >= 4 is 21.5 Å². The van der Waals surface area contributed by atoms with Gasteiger partial charge in [0.25, 0.3) is 10.1 Å². The largest absolute Gasteiger partial charge is 0.453 e. The molecule has 1 N–H and O–H groups in total. The lowest BCUT2D eigenvalue weighted by Crippen LogP contribution is -2.39. The maximum atomic E-state index is 12.2. The third kappa shape index (κ3) is 3.82. The topological polar surface area (TPSA) is 66.8 Å². The number of hydrogen-bond donors (Lipinski definition) is 1. The maximum absolute atomic E-state index is 12.2. The first-order chi connectivity index (χ1) is 12.9. The molecule has 5 nitrogen and oxygen atoms in total. The molecule has 0 aromatic heterocycles. The van der Waals surface area contributed by atoms with Crippen molar-refractivity contribution in [3.63, 3.8) is 0 Å². The van der Waals surface area contributed by atoms with E-state index in [1.807, 2.05) is 30.3 Å². The molecule has 6 heteroatoms. The predicted octanol–water partition coefficient (Wildman–Crippen LogP) is 5.46. The standard InChI is InChI=1S/C21H27NO4S/c1-4-9-15-13-16(10-5-2)21-19(14-15)26-18-12-8-7-11-17(18)22(21)20(6-3)27(23,24)25/h7-8,11-14,20H,4-6,9-10H2,1-3H3,(H,23,24,25). The summed E-state index contributed by atoms with van der Waals surface area (Å²) in [5.41, 5.74) is 3.64. The quantitative estimate of drug-likeness (QED) is 0.637. The maximum Gasteiger partial charge on any atom is 0.286 e. The summed E-state index contributed by atoms with van der Waals surface area (Å²) < 4.78 is 40.5. The predicted molar refractivity (Wildman–Crippen MR) is 109 cm³/mol. The van der Waals surface area contributed by atoms with Crippen molar-refractivity contribution in [3.05, 3.63) is 47.5 Å². The van der Waals surface area contributed by atoms with Gasteiger partial charge in [0.2, 0.25) is 0 Å². The molecular formula is C21H27NO4S. The number of aryl methyl sites for hydroxylation is 2. The van der Waals surface area contributed by atoms with Gasteiger partial charge in [-0.15, -0.1) is 0 Å². The van der Waals surface area contributed by atoms with E-state index in [-0.39, 0.29) is 6.42 Å². The number of para-hydroxylation sites is 2. The molecule has 0 radical (unpaired) electrons. The first kappa shape index (κ1) is 19.7. The summed E-state index contributed by atoms with van der Waals surface area (Å²) in [6, 6.07) is 11.5. The van der Waals surface area contributed by atoms with Crippen LogP contribution >= 0.6 is 0 Å². The molecule has 3 rings (SSSR count). The lowest BCUT2D eigenvalue weighted by atomic mass is 9.98. The second-order valence-corrected chi connectivity index (χ2v) is 8.49.